The molecule has 3 aromatic rings. The molecule has 0 saturated heterocycles. The Balaban J connectivity index is 1.66. The Morgan fingerprint density at radius 1 is 1.24 bits per heavy atom. The molecule has 1 heterocycles. The van der Waals surface area contributed by atoms with E-state index >= 15 is 0 Å². The van der Waals surface area contributed by atoms with E-state index in [1.165, 1.54) is 11.3 Å². The normalized spacial score (nSPS) is 10.7. The number of hydrogen-bond acceptors (Lipinski definition) is 5. The Morgan fingerprint density at radius 3 is 2.76 bits per heavy atom. The number of halogens is 2. The van der Waals surface area contributed by atoms with Crippen molar-refractivity contribution in [2.45, 2.75) is 6.92 Å². The van der Waals surface area contributed by atoms with Crippen molar-refractivity contribution in [2.24, 2.45) is 0 Å². The minimum Gasteiger partial charge on any atom is -0.495 e. The number of rotatable bonds is 5. The number of nitrogens with one attached hydrogen (secondary N) is 1. The molecule has 0 spiro atoms. The third-order valence-corrected chi connectivity index (χ3v) is 5.06. The number of fused-ring (bicyclic) bond motifs is 1. The lowest BCUT2D eigenvalue weighted by Gasteiger charge is -2.07. The fourth-order valence-corrected chi connectivity index (χ4v) is 3.40. The van der Waals surface area contributed by atoms with Gasteiger partial charge in [-0.3, -0.25) is 10.1 Å². The smallest absolute Gasteiger partial charge is 0.264 e. The van der Waals surface area contributed by atoms with Crippen LogP contribution in [-0.2, 0) is 4.79 Å². The molecule has 0 fully saturated rings. The van der Waals surface area contributed by atoms with Crippen molar-refractivity contribution in [1.29, 1.82) is 0 Å². The van der Waals surface area contributed by atoms with Crippen LogP contribution >= 0.6 is 34.5 Å². The molecular formula is C17H14Cl2N2O3S. The van der Waals surface area contributed by atoms with Crippen molar-refractivity contribution in [3.05, 3.63) is 45.9 Å². The number of anilines is 1. The van der Waals surface area contributed by atoms with E-state index in [2.05, 4.69) is 10.3 Å². The van der Waals surface area contributed by atoms with Gasteiger partial charge >= 0.3 is 0 Å². The molecule has 25 heavy (non-hydrogen) atoms. The second-order valence-corrected chi connectivity index (χ2v) is 7.07. The van der Waals surface area contributed by atoms with Gasteiger partial charge in [0.15, 0.2) is 11.7 Å². The highest BCUT2D eigenvalue weighted by Gasteiger charge is 2.11. The molecule has 0 saturated carbocycles. The summed E-state index contributed by atoms with van der Waals surface area (Å²) in [7, 11) is 1.55. The Labute approximate surface area is 158 Å². The van der Waals surface area contributed by atoms with Crippen molar-refractivity contribution in [3.8, 4) is 11.5 Å². The number of benzene rings is 2. The molecule has 1 amide bonds. The minimum absolute atomic E-state index is 0.124. The monoisotopic (exact) mass is 396 g/mol. The van der Waals surface area contributed by atoms with E-state index in [-0.39, 0.29) is 12.5 Å². The SMILES string of the molecule is COc1cc2sc(NC(=O)COc3ccc(Cl)c(C)c3)nc2cc1Cl. The molecule has 0 unspecified atom stereocenters. The summed E-state index contributed by atoms with van der Waals surface area (Å²) in [5.74, 6) is 0.847. The van der Waals surface area contributed by atoms with Crippen LogP contribution in [-0.4, -0.2) is 24.6 Å². The molecule has 0 atom stereocenters. The first-order valence-corrected chi connectivity index (χ1v) is 8.86. The van der Waals surface area contributed by atoms with Gasteiger partial charge in [0.2, 0.25) is 0 Å². The summed E-state index contributed by atoms with van der Waals surface area (Å²) >= 11 is 13.4. The number of carbonyl (C=O) groups excluding carboxylic acids is 1. The molecule has 3 rings (SSSR count). The first kappa shape index (κ1) is 17.8. The van der Waals surface area contributed by atoms with Crippen LogP contribution in [0.25, 0.3) is 10.2 Å². The number of aromatic nitrogens is 1. The summed E-state index contributed by atoms with van der Waals surface area (Å²) in [4.78, 5) is 16.4. The molecule has 130 valence electrons. The molecule has 5 nitrogen and oxygen atoms in total. The fourth-order valence-electron chi connectivity index (χ4n) is 2.15. The zero-order chi connectivity index (χ0) is 18.0. The number of amides is 1. The van der Waals surface area contributed by atoms with Gasteiger partial charge in [0.05, 0.1) is 22.3 Å². The molecule has 8 heteroatoms. The molecule has 0 radical (unpaired) electrons. The molecule has 0 aliphatic rings. The minimum atomic E-state index is -0.301. The molecule has 0 aliphatic carbocycles. The number of nitrogens with zero attached hydrogens (tertiary/aromatic N) is 1. The van der Waals surface area contributed by atoms with Gasteiger partial charge in [0, 0.05) is 11.1 Å². The maximum Gasteiger partial charge on any atom is 0.264 e. The molecule has 1 N–H and O–H groups in total. The van der Waals surface area contributed by atoms with Crippen molar-refractivity contribution in [1.82, 2.24) is 4.98 Å². The fraction of sp³-hybridized carbons (Fsp3) is 0.176. The summed E-state index contributed by atoms with van der Waals surface area (Å²) in [6.07, 6.45) is 0. The molecule has 2 aromatic carbocycles. The number of ether oxygens (including phenoxy) is 2. The van der Waals surface area contributed by atoms with E-state index in [0.717, 1.165) is 10.3 Å². The standard InChI is InChI=1S/C17H14Cl2N2O3S/c1-9-5-10(3-4-11(9)18)24-8-16(22)21-17-20-13-6-12(19)14(23-2)7-15(13)25-17/h3-7H,8H2,1-2H3,(H,20,21,22). The predicted octanol–water partition coefficient (Wildman–Crippen LogP) is 4.94. The van der Waals surface area contributed by atoms with Gasteiger partial charge < -0.3 is 9.47 Å². The number of aryl methyl sites for hydroxylation is 1. The summed E-state index contributed by atoms with van der Waals surface area (Å²) in [6.45, 7) is 1.75. The largest absolute Gasteiger partial charge is 0.495 e. The van der Waals surface area contributed by atoms with Crippen LogP contribution < -0.4 is 14.8 Å². The first-order valence-electron chi connectivity index (χ1n) is 7.29. The van der Waals surface area contributed by atoms with E-state index in [4.69, 9.17) is 32.7 Å². The highest BCUT2D eigenvalue weighted by Crippen LogP contribution is 2.34. The summed E-state index contributed by atoms with van der Waals surface area (Å²) in [5, 5.41) is 4.32. The van der Waals surface area contributed by atoms with Crippen molar-refractivity contribution < 1.29 is 14.3 Å². The summed E-state index contributed by atoms with van der Waals surface area (Å²) < 4.78 is 11.5. The van der Waals surface area contributed by atoms with E-state index in [0.29, 0.717) is 32.2 Å². The number of methoxy groups -OCH3 is 1. The highest BCUT2D eigenvalue weighted by molar-refractivity contribution is 7.22. The van der Waals surface area contributed by atoms with E-state index in [1.54, 1.807) is 37.4 Å². The average Bonchev–Trinajstić information content (AvgIpc) is 2.96. The van der Waals surface area contributed by atoms with E-state index in [9.17, 15) is 4.79 Å². The van der Waals surface area contributed by atoms with Crippen LogP contribution in [0.4, 0.5) is 5.13 Å². The van der Waals surface area contributed by atoms with Gasteiger partial charge in [-0.25, -0.2) is 4.98 Å². The predicted molar refractivity (Wildman–Crippen MR) is 101 cm³/mol. The maximum atomic E-state index is 12.1. The van der Waals surface area contributed by atoms with Crippen LogP contribution in [0.2, 0.25) is 10.0 Å². The van der Waals surface area contributed by atoms with Gasteiger partial charge in [-0.05, 0) is 36.8 Å². The lowest BCUT2D eigenvalue weighted by Crippen LogP contribution is -2.20. The van der Waals surface area contributed by atoms with Crippen molar-refractivity contribution in [3.63, 3.8) is 0 Å². The zero-order valence-corrected chi connectivity index (χ0v) is 15.8. The zero-order valence-electron chi connectivity index (χ0n) is 13.4. The maximum absolute atomic E-state index is 12.1. The first-order chi connectivity index (χ1) is 12.0. The van der Waals surface area contributed by atoms with Crippen LogP contribution in [0.5, 0.6) is 11.5 Å². The molecule has 0 bridgehead atoms. The van der Waals surface area contributed by atoms with Crippen molar-refractivity contribution in [2.75, 3.05) is 19.0 Å². The topological polar surface area (TPSA) is 60.5 Å². The number of carbonyl (C=O) groups is 1. The Hall–Kier alpha value is -2.02. The van der Waals surface area contributed by atoms with Crippen molar-refractivity contribution >= 4 is 55.8 Å². The third kappa shape index (κ3) is 4.15. The van der Waals surface area contributed by atoms with Crippen LogP contribution in [0, 0.1) is 6.92 Å². The van der Waals surface area contributed by atoms with Gasteiger partial charge in [0.25, 0.3) is 5.91 Å². The average molecular weight is 397 g/mol. The third-order valence-electron chi connectivity index (χ3n) is 3.41. The van der Waals surface area contributed by atoms with Gasteiger partial charge in [0.1, 0.15) is 11.5 Å². The Bertz CT molecular complexity index is 943. The lowest BCUT2D eigenvalue weighted by molar-refractivity contribution is -0.118. The summed E-state index contributed by atoms with van der Waals surface area (Å²) in [6, 6.07) is 8.72. The van der Waals surface area contributed by atoms with Crippen LogP contribution in [0.15, 0.2) is 30.3 Å². The van der Waals surface area contributed by atoms with Crippen LogP contribution in [0.3, 0.4) is 0 Å². The van der Waals surface area contributed by atoms with Crippen LogP contribution in [0.1, 0.15) is 5.56 Å². The molecule has 0 aliphatic heterocycles. The number of hydrogen-bond donors (Lipinski definition) is 1. The van der Waals surface area contributed by atoms with Gasteiger partial charge in [-0.2, -0.15) is 0 Å². The summed E-state index contributed by atoms with van der Waals surface area (Å²) in [5.41, 5.74) is 1.58. The lowest BCUT2D eigenvalue weighted by atomic mass is 10.2. The van der Waals surface area contributed by atoms with E-state index < -0.39 is 0 Å². The second-order valence-electron chi connectivity index (χ2n) is 5.22. The van der Waals surface area contributed by atoms with Gasteiger partial charge in [-0.1, -0.05) is 34.5 Å². The Kier molecular flexibility index (Phi) is 5.32. The number of thiazole rings is 1. The molecule has 1 aromatic heterocycles. The highest BCUT2D eigenvalue weighted by atomic mass is 35.5. The Morgan fingerprint density at radius 2 is 2.04 bits per heavy atom. The van der Waals surface area contributed by atoms with E-state index in [1.807, 2.05) is 6.92 Å². The quantitative estimate of drug-likeness (QED) is 0.663. The molecular weight excluding hydrogens is 383 g/mol. The van der Waals surface area contributed by atoms with Gasteiger partial charge in [-0.15, -0.1) is 0 Å². The second kappa shape index (κ2) is 7.47.